The number of benzene rings is 3. The van der Waals surface area contributed by atoms with Gasteiger partial charge in [0.15, 0.2) is 6.61 Å². The molecule has 33 heavy (non-hydrogen) atoms. The second-order valence-electron chi connectivity index (χ2n) is 7.71. The van der Waals surface area contributed by atoms with Gasteiger partial charge < -0.3 is 19.9 Å². The molecule has 0 fully saturated rings. The maximum Gasteiger partial charge on any atom is 0.349 e. The lowest BCUT2D eigenvalue weighted by Gasteiger charge is -2.26. The summed E-state index contributed by atoms with van der Waals surface area (Å²) < 4.78 is 16.6. The molecule has 1 aliphatic heterocycles. The van der Waals surface area contributed by atoms with E-state index in [0.717, 1.165) is 22.3 Å². The zero-order valence-corrected chi connectivity index (χ0v) is 18.8. The Kier molecular flexibility index (Phi) is 6.25. The molecule has 0 aromatic heterocycles. The van der Waals surface area contributed by atoms with Crippen molar-refractivity contribution in [3.8, 4) is 23.3 Å². The van der Waals surface area contributed by atoms with E-state index in [0.29, 0.717) is 22.1 Å². The van der Waals surface area contributed by atoms with Crippen LogP contribution in [0.5, 0.6) is 17.2 Å². The third kappa shape index (κ3) is 4.79. The van der Waals surface area contributed by atoms with Gasteiger partial charge in [0.1, 0.15) is 28.9 Å². The molecule has 0 aliphatic carbocycles. The molecule has 1 aliphatic rings. The van der Waals surface area contributed by atoms with Crippen molar-refractivity contribution in [1.82, 2.24) is 0 Å². The minimum atomic E-state index is -0.574. The fourth-order valence-corrected chi connectivity index (χ4v) is 3.73. The fourth-order valence-electron chi connectivity index (χ4n) is 3.61. The minimum absolute atomic E-state index is 0.0282. The number of halogens is 1. The van der Waals surface area contributed by atoms with Gasteiger partial charge >= 0.3 is 5.97 Å². The Bertz CT molecular complexity index is 1290. The number of hydrogen-bond donors (Lipinski definition) is 1. The Morgan fingerprint density at radius 2 is 1.82 bits per heavy atom. The van der Waals surface area contributed by atoms with Crippen LogP contribution < -0.4 is 19.9 Å². The second kappa shape index (κ2) is 9.27. The van der Waals surface area contributed by atoms with Crippen molar-refractivity contribution in [3.05, 3.63) is 99.4 Å². The normalized spacial score (nSPS) is 14.7. The van der Waals surface area contributed by atoms with E-state index in [-0.39, 0.29) is 24.2 Å². The summed E-state index contributed by atoms with van der Waals surface area (Å²) in [6.07, 6.45) is 0. The molecule has 1 heterocycles. The van der Waals surface area contributed by atoms with Gasteiger partial charge in [-0.1, -0.05) is 47.5 Å². The van der Waals surface area contributed by atoms with E-state index in [9.17, 15) is 10.1 Å². The number of nitrogens with zero attached hydrogens (tertiary/aromatic N) is 1. The van der Waals surface area contributed by atoms with Crippen LogP contribution in [0.4, 0.5) is 0 Å². The highest BCUT2D eigenvalue weighted by Crippen LogP contribution is 2.43. The SMILES string of the molecule is Cc1ccc(C2C(C#N)=C(N)Oc3cc(OC(=O)COc4ccc(Cl)c(C)c4)ccc32)cc1. The molecular formula is C26H21ClN2O4. The molecule has 0 saturated heterocycles. The van der Waals surface area contributed by atoms with E-state index < -0.39 is 5.97 Å². The highest BCUT2D eigenvalue weighted by atomic mass is 35.5. The molecular weight excluding hydrogens is 440 g/mol. The highest BCUT2D eigenvalue weighted by Gasteiger charge is 2.31. The summed E-state index contributed by atoms with van der Waals surface area (Å²) in [5, 5.41) is 10.3. The van der Waals surface area contributed by atoms with Crippen molar-refractivity contribution < 1.29 is 19.0 Å². The van der Waals surface area contributed by atoms with Crippen LogP contribution in [0.15, 0.2) is 72.1 Å². The molecule has 3 aromatic carbocycles. The number of hydrogen-bond acceptors (Lipinski definition) is 6. The molecule has 1 unspecified atom stereocenters. The highest BCUT2D eigenvalue weighted by molar-refractivity contribution is 6.31. The van der Waals surface area contributed by atoms with E-state index in [1.807, 2.05) is 38.1 Å². The molecule has 4 rings (SSSR count). The standard InChI is InChI=1S/C26H21ClN2O4/c1-15-3-5-17(6-4-15)25-20-9-7-19(12-23(20)33-26(29)21(25)13-28)32-24(30)14-31-18-8-10-22(27)16(2)11-18/h3-12,25H,14,29H2,1-2H3. The van der Waals surface area contributed by atoms with Gasteiger partial charge in [-0.25, -0.2) is 4.79 Å². The van der Waals surface area contributed by atoms with E-state index in [1.165, 1.54) is 0 Å². The van der Waals surface area contributed by atoms with Crippen molar-refractivity contribution in [3.63, 3.8) is 0 Å². The lowest BCUT2D eigenvalue weighted by Crippen LogP contribution is -2.21. The number of nitrogens with two attached hydrogens (primary N) is 1. The number of nitriles is 1. The molecule has 0 spiro atoms. The van der Waals surface area contributed by atoms with Crippen molar-refractivity contribution in [2.45, 2.75) is 19.8 Å². The Hall–Kier alpha value is -3.95. The molecule has 0 bridgehead atoms. The van der Waals surface area contributed by atoms with Crippen LogP contribution in [0.3, 0.4) is 0 Å². The first-order valence-corrected chi connectivity index (χ1v) is 10.6. The van der Waals surface area contributed by atoms with Crippen molar-refractivity contribution in [2.24, 2.45) is 5.73 Å². The van der Waals surface area contributed by atoms with Crippen molar-refractivity contribution >= 4 is 17.6 Å². The average molecular weight is 461 g/mol. The first-order chi connectivity index (χ1) is 15.9. The Morgan fingerprint density at radius 3 is 2.52 bits per heavy atom. The zero-order chi connectivity index (χ0) is 23.5. The van der Waals surface area contributed by atoms with Gasteiger partial charge in [0.25, 0.3) is 0 Å². The summed E-state index contributed by atoms with van der Waals surface area (Å²) in [4.78, 5) is 12.3. The number of carbonyl (C=O) groups excluding carboxylic acids is 1. The number of rotatable bonds is 5. The van der Waals surface area contributed by atoms with Gasteiger partial charge in [0.05, 0.1) is 5.92 Å². The maximum atomic E-state index is 12.3. The minimum Gasteiger partial charge on any atom is -0.482 e. The van der Waals surface area contributed by atoms with Crippen LogP contribution in [0.25, 0.3) is 0 Å². The van der Waals surface area contributed by atoms with E-state index in [2.05, 4.69) is 6.07 Å². The van der Waals surface area contributed by atoms with E-state index in [1.54, 1.807) is 36.4 Å². The number of carbonyl (C=O) groups is 1. The van der Waals surface area contributed by atoms with Gasteiger partial charge in [-0.3, -0.25) is 0 Å². The van der Waals surface area contributed by atoms with E-state index in [4.69, 9.17) is 31.5 Å². The van der Waals surface area contributed by atoms with Crippen LogP contribution in [0, 0.1) is 25.2 Å². The van der Waals surface area contributed by atoms with Gasteiger partial charge in [-0.05, 0) is 49.2 Å². The van der Waals surface area contributed by atoms with Crippen molar-refractivity contribution in [2.75, 3.05) is 6.61 Å². The summed E-state index contributed by atoms with van der Waals surface area (Å²) in [6.45, 7) is 3.57. The summed E-state index contributed by atoms with van der Waals surface area (Å²) in [5.41, 5.74) is 10.0. The predicted octanol–water partition coefficient (Wildman–Crippen LogP) is 5.16. The lowest BCUT2D eigenvalue weighted by molar-refractivity contribution is -0.136. The molecule has 0 amide bonds. The number of aryl methyl sites for hydroxylation is 2. The third-order valence-electron chi connectivity index (χ3n) is 5.32. The van der Waals surface area contributed by atoms with Crippen LogP contribution in [-0.2, 0) is 4.79 Å². The topological polar surface area (TPSA) is 94.6 Å². The predicted molar refractivity (Wildman–Crippen MR) is 124 cm³/mol. The van der Waals surface area contributed by atoms with Crippen molar-refractivity contribution in [1.29, 1.82) is 5.26 Å². The second-order valence-corrected chi connectivity index (χ2v) is 8.12. The summed E-state index contributed by atoms with van der Waals surface area (Å²) >= 11 is 6.00. The number of esters is 1. The Balaban J connectivity index is 1.53. The van der Waals surface area contributed by atoms with Crippen LogP contribution in [-0.4, -0.2) is 12.6 Å². The molecule has 1 atom stereocenters. The largest absolute Gasteiger partial charge is 0.482 e. The Labute approximate surface area is 196 Å². The summed E-state index contributed by atoms with van der Waals surface area (Å²) in [7, 11) is 0. The average Bonchev–Trinajstić information content (AvgIpc) is 2.79. The molecule has 7 heteroatoms. The molecule has 3 aromatic rings. The first kappa shape index (κ1) is 22.3. The molecule has 166 valence electrons. The third-order valence-corrected chi connectivity index (χ3v) is 5.74. The van der Waals surface area contributed by atoms with E-state index >= 15 is 0 Å². The van der Waals surface area contributed by atoms with Gasteiger partial charge in [-0.2, -0.15) is 5.26 Å². The van der Waals surface area contributed by atoms with Crippen LogP contribution in [0.1, 0.15) is 28.2 Å². The number of fused-ring (bicyclic) bond motifs is 1. The van der Waals surface area contributed by atoms with Crippen LogP contribution >= 0.6 is 11.6 Å². The smallest absolute Gasteiger partial charge is 0.349 e. The number of allylic oxidation sites excluding steroid dienone is 1. The van der Waals surface area contributed by atoms with Gasteiger partial charge in [0, 0.05) is 16.7 Å². The summed E-state index contributed by atoms with van der Waals surface area (Å²) in [5.74, 6) is 0.309. The summed E-state index contributed by atoms with van der Waals surface area (Å²) in [6, 6.07) is 20.2. The molecule has 0 radical (unpaired) electrons. The first-order valence-electron chi connectivity index (χ1n) is 10.2. The molecule has 0 saturated carbocycles. The van der Waals surface area contributed by atoms with Gasteiger partial charge in [0.2, 0.25) is 5.88 Å². The zero-order valence-electron chi connectivity index (χ0n) is 18.1. The van der Waals surface area contributed by atoms with Crippen LogP contribution in [0.2, 0.25) is 5.02 Å². The number of ether oxygens (including phenoxy) is 3. The Morgan fingerprint density at radius 1 is 1.09 bits per heavy atom. The maximum absolute atomic E-state index is 12.3. The monoisotopic (exact) mass is 460 g/mol. The lowest BCUT2D eigenvalue weighted by atomic mass is 9.83. The quantitative estimate of drug-likeness (QED) is 0.417. The van der Waals surface area contributed by atoms with Gasteiger partial charge in [-0.15, -0.1) is 0 Å². The molecule has 2 N–H and O–H groups in total. The fraction of sp³-hybridized carbons (Fsp3) is 0.154. The molecule has 6 nitrogen and oxygen atoms in total.